The Kier molecular flexibility index (Phi) is 5.63. The van der Waals surface area contributed by atoms with Crippen molar-refractivity contribution in [1.29, 1.82) is 0 Å². The molecule has 124 valence electrons. The lowest BCUT2D eigenvalue weighted by molar-refractivity contribution is 0.0777. The van der Waals surface area contributed by atoms with Crippen molar-refractivity contribution in [1.82, 2.24) is 20.4 Å². The van der Waals surface area contributed by atoms with E-state index in [1.165, 1.54) is 0 Å². The van der Waals surface area contributed by atoms with E-state index in [-0.39, 0.29) is 18.3 Å². The molecular formula is C16H21ClN4O2. The SMILES string of the molecule is COc1ccccc1CN(C)C(=O)c1n[nH]c2c1CNCC2.Cl. The third-order valence-corrected chi connectivity index (χ3v) is 3.96. The van der Waals surface area contributed by atoms with Gasteiger partial charge in [-0.2, -0.15) is 5.10 Å². The molecule has 2 aromatic rings. The van der Waals surface area contributed by atoms with Gasteiger partial charge in [0.1, 0.15) is 5.75 Å². The van der Waals surface area contributed by atoms with Crippen molar-refractivity contribution >= 4 is 18.3 Å². The van der Waals surface area contributed by atoms with Crippen LogP contribution in [0.5, 0.6) is 5.75 Å². The number of aromatic nitrogens is 2. The Balaban J connectivity index is 0.00000192. The van der Waals surface area contributed by atoms with E-state index in [0.717, 1.165) is 35.5 Å². The average Bonchev–Trinajstić information content (AvgIpc) is 2.98. The summed E-state index contributed by atoms with van der Waals surface area (Å²) >= 11 is 0. The van der Waals surface area contributed by atoms with Crippen molar-refractivity contribution in [2.45, 2.75) is 19.5 Å². The van der Waals surface area contributed by atoms with E-state index < -0.39 is 0 Å². The highest BCUT2D eigenvalue weighted by Gasteiger charge is 2.24. The Bertz CT molecular complexity index is 686. The fourth-order valence-corrected chi connectivity index (χ4v) is 2.74. The molecule has 1 aromatic heterocycles. The first-order valence-corrected chi connectivity index (χ1v) is 7.35. The van der Waals surface area contributed by atoms with Crippen molar-refractivity contribution in [2.24, 2.45) is 0 Å². The summed E-state index contributed by atoms with van der Waals surface area (Å²) in [4.78, 5) is 14.3. The number of fused-ring (bicyclic) bond motifs is 1. The minimum atomic E-state index is -0.0768. The second-order valence-corrected chi connectivity index (χ2v) is 5.43. The van der Waals surface area contributed by atoms with Gasteiger partial charge in [-0.15, -0.1) is 12.4 Å². The molecule has 0 spiro atoms. The number of amides is 1. The van der Waals surface area contributed by atoms with Crippen LogP contribution in [0.4, 0.5) is 0 Å². The van der Waals surface area contributed by atoms with Crippen LogP contribution < -0.4 is 10.1 Å². The first kappa shape index (κ1) is 17.3. The highest BCUT2D eigenvalue weighted by atomic mass is 35.5. The van der Waals surface area contributed by atoms with E-state index in [1.807, 2.05) is 24.3 Å². The standard InChI is InChI=1S/C16H20N4O2.ClH/c1-20(10-11-5-3-4-6-14(11)22-2)16(21)15-12-9-17-8-7-13(12)18-19-15;/h3-6,17H,7-10H2,1-2H3,(H,18,19);1H. The molecule has 0 saturated heterocycles. The van der Waals surface area contributed by atoms with Gasteiger partial charge in [0.2, 0.25) is 0 Å². The summed E-state index contributed by atoms with van der Waals surface area (Å²) < 4.78 is 5.34. The fourth-order valence-electron chi connectivity index (χ4n) is 2.74. The van der Waals surface area contributed by atoms with Crippen molar-refractivity contribution in [3.63, 3.8) is 0 Å². The van der Waals surface area contributed by atoms with E-state index in [4.69, 9.17) is 4.74 Å². The summed E-state index contributed by atoms with van der Waals surface area (Å²) in [6.07, 6.45) is 0.881. The molecule has 1 aliphatic heterocycles. The maximum Gasteiger partial charge on any atom is 0.274 e. The number of nitrogens with zero attached hydrogens (tertiary/aromatic N) is 2. The number of halogens is 1. The molecule has 1 amide bonds. The van der Waals surface area contributed by atoms with Gasteiger partial charge in [0.05, 0.1) is 7.11 Å². The van der Waals surface area contributed by atoms with Crippen LogP contribution in [0.1, 0.15) is 27.3 Å². The van der Waals surface area contributed by atoms with Gasteiger partial charge in [-0.05, 0) is 6.07 Å². The molecule has 0 bridgehead atoms. The highest BCUT2D eigenvalue weighted by molar-refractivity contribution is 5.93. The fraction of sp³-hybridized carbons (Fsp3) is 0.375. The van der Waals surface area contributed by atoms with E-state index >= 15 is 0 Å². The number of rotatable bonds is 4. The van der Waals surface area contributed by atoms with E-state index in [2.05, 4.69) is 15.5 Å². The minimum absolute atomic E-state index is 0. The van der Waals surface area contributed by atoms with Crippen LogP contribution in [0.2, 0.25) is 0 Å². The molecule has 0 unspecified atom stereocenters. The Morgan fingerprint density at radius 2 is 2.17 bits per heavy atom. The zero-order chi connectivity index (χ0) is 15.5. The molecule has 0 atom stereocenters. The van der Waals surface area contributed by atoms with Gasteiger partial charge in [-0.25, -0.2) is 0 Å². The number of benzene rings is 1. The maximum atomic E-state index is 12.7. The number of carbonyl (C=O) groups is 1. The van der Waals surface area contributed by atoms with E-state index in [1.54, 1.807) is 19.1 Å². The quantitative estimate of drug-likeness (QED) is 0.892. The molecule has 0 aliphatic carbocycles. The number of carbonyl (C=O) groups excluding carboxylic acids is 1. The zero-order valence-corrected chi connectivity index (χ0v) is 14.1. The van der Waals surface area contributed by atoms with E-state index in [9.17, 15) is 4.79 Å². The molecule has 7 heteroatoms. The van der Waals surface area contributed by atoms with Crippen LogP contribution in [0.15, 0.2) is 24.3 Å². The smallest absolute Gasteiger partial charge is 0.274 e. The molecular weight excluding hydrogens is 316 g/mol. The lowest BCUT2D eigenvalue weighted by Crippen LogP contribution is -2.30. The van der Waals surface area contributed by atoms with Crippen LogP contribution in [0.3, 0.4) is 0 Å². The number of methoxy groups -OCH3 is 1. The number of ether oxygens (including phenoxy) is 1. The van der Waals surface area contributed by atoms with Gasteiger partial charge in [0, 0.05) is 49.9 Å². The second kappa shape index (κ2) is 7.48. The lowest BCUT2D eigenvalue weighted by Gasteiger charge is -2.19. The predicted octanol–water partition coefficient (Wildman–Crippen LogP) is 1.76. The van der Waals surface area contributed by atoms with Gasteiger partial charge in [-0.3, -0.25) is 9.89 Å². The van der Waals surface area contributed by atoms with Gasteiger partial charge in [-0.1, -0.05) is 18.2 Å². The maximum absolute atomic E-state index is 12.7. The van der Waals surface area contributed by atoms with Crippen LogP contribution in [0.25, 0.3) is 0 Å². The first-order valence-electron chi connectivity index (χ1n) is 7.35. The molecule has 1 aliphatic rings. The molecule has 2 heterocycles. The number of nitrogens with one attached hydrogen (secondary N) is 2. The van der Waals surface area contributed by atoms with Crippen LogP contribution in [0, 0.1) is 0 Å². The first-order chi connectivity index (χ1) is 10.7. The normalized spacial score (nSPS) is 13.0. The van der Waals surface area contributed by atoms with Crippen LogP contribution in [-0.2, 0) is 19.5 Å². The van der Waals surface area contributed by atoms with Crippen molar-refractivity contribution in [3.05, 3.63) is 46.8 Å². The van der Waals surface area contributed by atoms with Gasteiger partial charge < -0.3 is 15.0 Å². The molecule has 0 fully saturated rings. The number of para-hydroxylation sites is 1. The van der Waals surface area contributed by atoms with Crippen molar-refractivity contribution in [3.8, 4) is 5.75 Å². The molecule has 0 saturated carbocycles. The molecule has 3 rings (SSSR count). The van der Waals surface area contributed by atoms with E-state index in [0.29, 0.717) is 18.8 Å². The summed E-state index contributed by atoms with van der Waals surface area (Å²) in [5, 5.41) is 10.5. The average molecular weight is 337 g/mol. The minimum Gasteiger partial charge on any atom is -0.496 e. The molecule has 2 N–H and O–H groups in total. The zero-order valence-electron chi connectivity index (χ0n) is 13.3. The van der Waals surface area contributed by atoms with Gasteiger partial charge in [0.25, 0.3) is 5.91 Å². The second-order valence-electron chi connectivity index (χ2n) is 5.43. The van der Waals surface area contributed by atoms with Gasteiger partial charge in [0.15, 0.2) is 5.69 Å². The summed E-state index contributed by atoms with van der Waals surface area (Å²) in [7, 11) is 3.42. The summed E-state index contributed by atoms with van der Waals surface area (Å²) in [6.45, 7) is 2.09. The Hall–Kier alpha value is -2.05. The van der Waals surface area contributed by atoms with Crippen LogP contribution >= 0.6 is 12.4 Å². The summed E-state index contributed by atoms with van der Waals surface area (Å²) in [6, 6.07) is 7.72. The third-order valence-electron chi connectivity index (χ3n) is 3.96. The number of H-pyrrole nitrogens is 1. The Morgan fingerprint density at radius 3 is 2.96 bits per heavy atom. The Labute approximate surface area is 141 Å². The highest BCUT2D eigenvalue weighted by Crippen LogP contribution is 2.21. The summed E-state index contributed by atoms with van der Waals surface area (Å²) in [5.74, 6) is 0.708. The molecule has 0 radical (unpaired) electrons. The predicted molar refractivity (Wildman–Crippen MR) is 90.0 cm³/mol. The largest absolute Gasteiger partial charge is 0.496 e. The third kappa shape index (κ3) is 3.48. The van der Waals surface area contributed by atoms with Crippen molar-refractivity contribution in [2.75, 3.05) is 20.7 Å². The van der Waals surface area contributed by atoms with Crippen molar-refractivity contribution < 1.29 is 9.53 Å². The van der Waals surface area contributed by atoms with Gasteiger partial charge >= 0.3 is 0 Å². The molecule has 6 nitrogen and oxygen atoms in total. The topological polar surface area (TPSA) is 70.2 Å². The molecule has 1 aromatic carbocycles. The number of hydrogen-bond donors (Lipinski definition) is 2. The lowest BCUT2D eigenvalue weighted by atomic mass is 10.1. The monoisotopic (exact) mass is 336 g/mol. The Morgan fingerprint density at radius 1 is 1.39 bits per heavy atom. The number of hydrogen-bond acceptors (Lipinski definition) is 4. The summed E-state index contributed by atoms with van der Waals surface area (Å²) in [5.41, 5.74) is 3.54. The van der Waals surface area contributed by atoms with Crippen LogP contribution in [-0.4, -0.2) is 41.7 Å². The number of aromatic amines is 1. The molecule has 23 heavy (non-hydrogen) atoms.